The van der Waals surface area contributed by atoms with E-state index in [1.54, 1.807) is 7.11 Å². The van der Waals surface area contributed by atoms with Crippen molar-refractivity contribution in [2.75, 3.05) is 30.7 Å². The fourth-order valence-corrected chi connectivity index (χ4v) is 2.77. The molecule has 0 unspecified atom stereocenters. The molecule has 0 saturated carbocycles. The first-order valence-corrected chi connectivity index (χ1v) is 7.75. The number of rotatable bonds is 4. The van der Waals surface area contributed by atoms with E-state index >= 15 is 0 Å². The summed E-state index contributed by atoms with van der Waals surface area (Å²) >= 11 is 5.56. The van der Waals surface area contributed by atoms with Gasteiger partial charge in [0.2, 0.25) is 6.79 Å². The predicted molar refractivity (Wildman–Crippen MR) is 94.8 cm³/mol. The molecule has 1 aliphatic heterocycles. The minimum absolute atomic E-state index is 0.259. The lowest BCUT2D eigenvalue weighted by molar-refractivity contribution is 0.174. The number of hydrogen-bond acceptors (Lipinski definition) is 4. The van der Waals surface area contributed by atoms with E-state index in [-0.39, 0.29) is 6.79 Å². The van der Waals surface area contributed by atoms with Crippen LogP contribution in [0, 0.1) is 0 Å². The summed E-state index contributed by atoms with van der Waals surface area (Å²) in [4.78, 5) is 1.99. The van der Waals surface area contributed by atoms with Crippen molar-refractivity contribution in [3.05, 3.63) is 42.5 Å². The fraction of sp³-hybridized carbons (Fsp3) is 0.235. The van der Waals surface area contributed by atoms with Crippen molar-refractivity contribution >= 4 is 28.7 Å². The number of nitrogens with one attached hydrogen (secondary N) is 1. The van der Waals surface area contributed by atoms with E-state index in [9.17, 15) is 0 Å². The van der Waals surface area contributed by atoms with Crippen LogP contribution in [-0.2, 0) is 0 Å². The summed E-state index contributed by atoms with van der Waals surface area (Å²) in [5.74, 6) is 2.24. The van der Waals surface area contributed by atoms with Gasteiger partial charge >= 0.3 is 0 Å². The van der Waals surface area contributed by atoms with Crippen LogP contribution in [0.25, 0.3) is 0 Å². The molecular formula is C17H18N2O3S. The second kappa shape index (κ2) is 6.75. The average molecular weight is 330 g/mol. The number of para-hydroxylation sites is 2. The molecule has 0 aromatic heterocycles. The molecule has 120 valence electrons. The molecule has 23 heavy (non-hydrogen) atoms. The zero-order chi connectivity index (χ0) is 16.2. The first-order valence-electron chi connectivity index (χ1n) is 7.34. The maximum Gasteiger partial charge on any atom is 0.231 e. The van der Waals surface area contributed by atoms with Gasteiger partial charge in [0.05, 0.1) is 12.8 Å². The molecule has 1 aliphatic rings. The standard InChI is InChI=1S/C17H18N2O3S/c1-3-19(12-8-9-15-16(10-12)22-11-21-15)17(23)18-13-6-4-5-7-14(13)20-2/h4-10H,3,11H2,1-2H3,(H,18,23). The quantitative estimate of drug-likeness (QED) is 0.863. The van der Waals surface area contributed by atoms with Crippen LogP contribution >= 0.6 is 12.2 Å². The van der Waals surface area contributed by atoms with Crippen LogP contribution in [0.5, 0.6) is 17.2 Å². The number of ether oxygens (including phenoxy) is 3. The lowest BCUT2D eigenvalue weighted by atomic mass is 10.2. The SMILES string of the molecule is CCN(C(=S)Nc1ccccc1OC)c1ccc2c(c1)OCO2. The van der Waals surface area contributed by atoms with Gasteiger partial charge in [0.15, 0.2) is 16.6 Å². The number of benzene rings is 2. The van der Waals surface area contributed by atoms with Crippen LogP contribution in [0.1, 0.15) is 6.92 Å². The van der Waals surface area contributed by atoms with Crippen molar-refractivity contribution in [1.29, 1.82) is 0 Å². The number of anilines is 2. The van der Waals surface area contributed by atoms with Crippen molar-refractivity contribution in [2.45, 2.75) is 6.92 Å². The topological polar surface area (TPSA) is 43.0 Å². The fourth-order valence-electron chi connectivity index (χ4n) is 2.43. The predicted octanol–water partition coefficient (Wildman–Crippen LogP) is 3.65. The monoisotopic (exact) mass is 330 g/mol. The molecule has 1 N–H and O–H groups in total. The molecule has 6 heteroatoms. The maximum absolute atomic E-state index is 5.56. The molecule has 0 aliphatic carbocycles. The van der Waals surface area contributed by atoms with E-state index < -0.39 is 0 Å². The van der Waals surface area contributed by atoms with Gasteiger partial charge in [0, 0.05) is 18.3 Å². The van der Waals surface area contributed by atoms with Gasteiger partial charge in [-0.25, -0.2) is 0 Å². The lowest BCUT2D eigenvalue weighted by Crippen LogP contribution is -2.34. The Morgan fingerprint density at radius 3 is 2.78 bits per heavy atom. The van der Waals surface area contributed by atoms with Crippen LogP contribution in [0.15, 0.2) is 42.5 Å². The molecule has 0 spiro atoms. The Bertz CT molecular complexity index is 721. The van der Waals surface area contributed by atoms with Gasteiger partial charge in [-0.3, -0.25) is 0 Å². The summed E-state index contributed by atoms with van der Waals surface area (Å²) in [5.41, 5.74) is 1.78. The summed E-state index contributed by atoms with van der Waals surface area (Å²) in [6.45, 7) is 3.02. The highest BCUT2D eigenvalue weighted by atomic mass is 32.1. The number of hydrogen-bond donors (Lipinski definition) is 1. The molecule has 1 heterocycles. The van der Waals surface area contributed by atoms with Gasteiger partial charge < -0.3 is 24.4 Å². The van der Waals surface area contributed by atoms with Crippen molar-refractivity contribution in [1.82, 2.24) is 0 Å². The molecule has 0 atom stereocenters. The molecule has 2 aromatic carbocycles. The van der Waals surface area contributed by atoms with Crippen molar-refractivity contribution in [3.8, 4) is 17.2 Å². The van der Waals surface area contributed by atoms with Crippen LogP contribution in [-0.4, -0.2) is 25.6 Å². The van der Waals surface area contributed by atoms with Crippen LogP contribution < -0.4 is 24.4 Å². The normalized spacial score (nSPS) is 11.9. The largest absolute Gasteiger partial charge is 0.495 e. The van der Waals surface area contributed by atoms with E-state index in [4.69, 9.17) is 26.4 Å². The summed E-state index contributed by atoms with van der Waals surface area (Å²) in [5, 5.41) is 3.83. The Kier molecular flexibility index (Phi) is 4.52. The minimum atomic E-state index is 0.259. The highest BCUT2D eigenvalue weighted by Gasteiger charge is 2.18. The second-order valence-electron chi connectivity index (χ2n) is 4.91. The van der Waals surface area contributed by atoms with Crippen molar-refractivity contribution in [2.24, 2.45) is 0 Å². The molecule has 0 amide bonds. The second-order valence-corrected chi connectivity index (χ2v) is 5.30. The van der Waals surface area contributed by atoms with Crippen LogP contribution in [0.3, 0.4) is 0 Å². The maximum atomic E-state index is 5.56. The first-order chi connectivity index (χ1) is 11.2. The van der Waals surface area contributed by atoms with E-state index in [1.165, 1.54) is 0 Å². The summed E-state index contributed by atoms with van der Waals surface area (Å²) in [6.07, 6.45) is 0. The summed E-state index contributed by atoms with van der Waals surface area (Å²) in [6, 6.07) is 13.5. The molecule has 3 rings (SSSR count). The zero-order valence-corrected chi connectivity index (χ0v) is 13.9. The molecular weight excluding hydrogens is 312 g/mol. The van der Waals surface area contributed by atoms with Crippen LogP contribution in [0.4, 0.5) is 11.4 Å². The zero-order valence-electron chi connectivity index (χ0n) is 13.0. The van der Waals surface area contributed by atoms with Gasteiger partial charge in [-0.1, -0.05) is 12.1 Å². The molecule has 0 fully saturated rings. The number of thiocarbonyl (C=S) groups is 1. The van der Waals surface area contributed by atoms with E-state index in [0.717, 1.165) is 35.2 Å². The molecule has 0 bridgehead atoms. The first kappa shape index (κ1) is 15.4. The molecule has 0 radical (unpaired) electrons. The van der Waals surface area contributed by atoms with E-state index in [2.05, 4.69) is 5.32 Å². The molecule has 2 aromatic rings. The van der Waals surface area contributed by atoms with Crippen molar-refractivity contribution < 1.29 is 14.2 Å². The van der Waals surface area contributed by atoms with Gasteiger partial charge in [-0.2, -0.15) is 0 Å². The third-order valence-electron chi connectivity index (χ3n) is 3.58. The third-order valence-corrected chi connectivity index (χ3v) is 3.90. The van der Waals surface area contributed by atoms with Gasteiger partial charge in [0.25, 0.3) is 0 Å². The Hall–Kier alpha value is -2.47. The Morgan fingerprint density at radius 1 is 1.22 bits per heavy atom. The smallest absolute Gasteiger partial charge is 0.231 e. The van der Waals surface area contributed by atoms with Gasteiger partial charge in [0.1, 0.15) is 5.75 Å². The molecule has 0 saturated heterocycles. The van der Waals surface area contributed by atoms with Gasteiger partial charge in [-0.15, -0.1) is 0 Å². The highest BCUT2D eigenvalue weighted by molar-refractivity contribution is 7.80. The summed E-state index contributed by atoms with van der Waals surface area (Å²) < 4.78 is 16.1. The third kappa shape index (κ3) is 3.17. The lowest BCUT2D eigenvalue weighted by Gasteiger charge is -2.25. The average Bonchev–Trinajstić information content (AvgIpc) is 3.04. The van der Waals surface area contributed by atoms with E-state index in [0.29, 0.717) is 5.11 Å². The van der Waals surface area contributed by atoms with Crippen LogP contribution in [0.2, 0.25) is 0 Å². The Labute approximate surface area is 140 Å². The Balaban J connectivity index is 1.81. The minimum Gasteiger partial charge on any atom is -0.495 e. The number of nitrogens with zero attached hydrogens (tertiary/aromatic N) is 1. The van der Waals surface area contributed by atoms with E-state index in [1.807, 2.05) is 54.3 Å². The van der Waals surface area contributed by atoms with Crippen molar-refractivity contribution in [3.63, 3.8) is 0 Å². The number of fused-ring (bicyclic) bond motifs is 1. The highest BCUT2D eigenvalue weighted by Crippen LogP contribution is 2.35. The van der Waals surface area contributed by atoms with Gasteiger partial charge in [-0.05, 0) is 43.4 Å². The Morgan fingerprint density at radius 2 is 2.00 bits per heavy atom. The number of methoxy groups -OCH3 is 1. The summed E-state index contributed by atoms with van der Waals surface area (Å²) in [7, 11) is 1.64. The molecule has 5 nitrogen and oxygen atoms in total.